The molecule has 2 aliphatic heterocycles. The Bertz CT molecular complexity index is 643. The van der Waals surface area contributed by atoms with E-state index in [1.54, 1.807) is 36.9 Å². The number of rotatable bonds is 4. The van der Waals surface area contributed by atoms with Crippen molar-refractivity contribution in [2.75, 3.05) is 24.8 Å². The van der Waals surface area contributed by atoms with Gasteiger partial charge in [0.15, 0.2) is 11.5 Å². The molecule has 0 spiro atoms. The van der Waals surface area contributed by atoms with Gasteiger partial charge in [0, 0.05) is 24.7 Å². The second-order valence-corrected chi connectivity index (χ2v) is 6.47. The fraction of sp³-hybridized carbons (Fsp3) is 0.500. The Morgan fingerprint density at radius 1 is 1.39 bits per heavy atom. The molecule has 2 amide bonds. The van der Waals surface area contributed by atoms with E-state index in [4.69, 9.17) is 9.47 Å². The number of fused-ring (bicyclic) bond motifs is 1. The summed E-state index contributed by atoms with van der Waals surface area (Å²) < 4.78 is 10.6. The molecule has 1 aromatic rings. The zero-order chi connectivity index (χ0) is 16.6. The van der Waals surface area contributed by atoms with Crippen LogP contribution < -0.4 is 19.7 Å². The van der Waals surface area contributed by atoms with Gasteiger partial charge in [0.05, 0.1) is 18.1 Å². The van der Waals surface area contributed by atoms with Crippen molar-refractivity contribution in [2.45, 2.75) is 25.8 Å². The Morgan fingerprint density at radius 3 is 2.87 bits per heavy atom. The fourth-order valence-electron chi connectivity index (χ4n) is 2.66. The molecule has 0 aliphatic carbocycles. The molecule has 1 unspecified atom stereocenters. The molecule has 0 aromatic heterocycles. The number of hydrogen-bond donors (Lipinski definition) is 2. The van der Waals surface area contributed by atoms with Gasteiger partial charge in [-0.15, -0.1) is 0 Å². The van der Waals surface area contributed by atoms with E-state index in [0.29, 0.717) is 23.7 Å². The van der Waals surface area contributed by atoms with Gasteiger partial charge in [0.1, 0.15) is 0 Å². The SMILES string of the molecule is CC(C)(CO)NC(=O)C1CC(=O)N(c2ccc3c(c2)OCO3)C1. The van der Waals surface area contributed by atoms with Gasteiger partial charge in [-0.1, -0.05) is 0 Å². The number of ether oxygens (including phenoxy) is 2. The van der Waals surface area contributed by atoms with Crippen molar-refractivity contribution in [3.8, 4) is 11.5 Å². The monoisotopic (exact) mass is 320 g/mol. The number of carbonyl (C=O) groups excluding carboxylic acids is 2. The molecule has 0 radical (unpaired) electrons. The molecule has 2 N–H and O–H groups in total. The highest BCUT2D eigenvalue weighted by Gasteiger charge is 2.37. The van der Waals surface area contributed by atoms with Gasteiger partial charge in [0.2, 0.25) is 18.6 Å². The molecular formula is C16H20N2O5. The highest BCUT2D eigenvalue weighted by atomic mass is 16.7. The maximum atomic E-state index is 12.3. The van der Waals surface area contributed by atoms with Crippen molar-refractivity contribution >= 4 is 17.5 Å². The zero-order valence-electron chi connectivity index (χ0n) is 13.2. The standard InChI is InChI=1S/C16H20N2O5/c1-16(2,8-19)17-15(21)10-5-14(20)18(7-10)11-3-4-12-13(6-11)23-9-22-12/h3-4,6,10,19H,5,7-9H2,1-2H3,(H,17,21). The number of nitrogens with one attached hydrogen (secondary N) is 1. The average Bonchev–Trinajstić information content (AvgIpc) is 3.12. The van der Waals surface area contributed by atoms with Gasteiger partial charge in [-0.3, -0.25) is 9.59 Å². The molecule has 0 bridgehead atoms. The van der Waals surface area contributed by atoms with E-state index < -0.39 is 11.5 Å². The molecule has 0 saturated carbocycles. The third kappa shape index (κ3) is 3.10. The summed E-state index contributed by atoms with van der Waals surface area (Å²) >= 11 is 0. The van der Waals surface area contributed by atoms with Crippen LogP contribution in [0.1, 0.15) is 20.3 Å². The van der Waals surface area contributed by atoms with Crippen molar-refractivity contribution < 1.29 is 24.2 Å². The highest BCUT2D eigenvalue weighted by Crippen LogP contribution is 2.37. The van der Waals surface area contributed by atoms with E-state index >= 15 is 0 Å². The topological polar surface area (TPSA) is 88.1 Å². The smallest absolute Gasteiger partial charge is 0.231 e. The van der Waals surface area contributed by atoms with E-state index in [-0.39, 0.29) is 31.6 Å². The second-order valence-electron chi connectivity index (χ2n) is 6.47. The number of aliphatic hydroxyl groups excluding tert-OH is 1. The first kappa shape index (κ1) is 15.6. The molecule has 7 nitrogen and oxygen atoms in total. The van der Waals surface area contributed by atoms with E-state index in [2.05, 4.69) is 5.32 Å². The fourth-order valence-corrected chi connectivity index (χ4v) is 2.66. The molecule has 124 valence electrons. The van der Waals surface area contributed by atoms with Crippen molar-refractivity contribution in [2.24, 2.45) is 5.92 Å². The van der Waals surface area contributed by atoms with Crippen LogP contribution in [0, 0.1) is 5.92 Å². The third-order valence-electron chi connectivity index (χ3n) is 4.02. The first-order chi connectivity index (χ1) is 10.9. The van der Waals surface area contributed by atoms with Crippen molar-refractivity contribution in [1.82, 2.24) is 5.32 Å². The van der Waals surface area contributed by atoms with Crippen LogP contribution in [0.4, 0.5) is 5.69 Å². The van der Waals surface area contributed by atoms with Gasteiger partial charge in [-0.05, 0) is 26.0 Å². The zero-order valence-corrected chi connectivity index (χ0v) is 13.2. The first-order valence-electron chi connectivity index (χ1n) is 7.52. The van der Waals surface area contributed by atoms with Gasteiger partial charge >= 0.3 is 0 Å². The Labute approximate surface area is 134 Å². The summed E-state index contributed by atoms with van der Waals surface area (Å²) in [7, 11) is 0. The van der Waals surface area contributed by atoms with Crippen molar-refractivity contribution in [3.63, 3.8) is 0 Å². The highest BCUT2D eigenvalue weighted by molar-refractivity contribution is 6.00. The lowest BCUT2D eigenvalue weighted by molar-refractivity contribution is -0.128. The number of hydrogen-bond acceptors (Lipinski definition) is 5. The van der Waals surface area contributed by atoms with E-state index in [9.17, 15) is 14.7 Å². The molecule has 7 heteroatoms. The molecular weight excluding hydrogens is 300 g/mol. The largest absolute Gasteiger partial charge is 0.454 e. The number of benzene rings is 1. The van der Waals surface area contributed by atoms with Gasteiger partial charge in [0.25, 0.3) is 0 Å². The van der Waals surface area contributed by atoms with Crippen LogP contribution in [0.25, 0.3) is 0 Å². The number of nitrogens with zero attached hydrogens (tertiary/aromatic N) is 1. The number of anilines is 1. The predicted octanol–water partition coefficient (Wildman–Crippen LogP) is 0.655. The molecule has 2 heterocycles. The molecule has 1 atom stereocenters. The molecule has 1 fully saturated rings. The summed E-state index contributed by atoms with van der Waals surface area (Å²) in [5.74, 6) is 0.495. The lowest BCUT2D eigenvalue weighted by Crippen LogP contribution is -2.49. The van der Waals surface area contributed by atoms with Crippen LogP contribution in [0.15, 0.2) is 18.2 Å². The molecule has 1 saturated heterocycles. The van der Waals surface area contributed by atoms with Crippen molar-refractivity contribution in [1.29, 1.82) is 0 Å². The summed E-state index contributed by atoms with van der Waals surface area (Å²) in [6.07, 6.45) is 0.155. The predicted molar refractivity (Wildman–Crippen MR) is 82.3 cm³/mol. The van der Waals surface area contributed by atoms with Crippen molar-refractivity contribution in [3.05, 3.63) is 18.2 Å². The van der Waals surface area contributed by atoms with Gasteiger partial charge in [-0.25, -0.2) is 0 Å². The molecule has 2 aliphatic rings. The Morgan fingerprint density at radius 2 is 2.13 bits per heavy atom. The second kappa shape index (κ2) is 5.73. The quantitative estimate of drug-likeness (QED) is 0.851. The van der Waals surface area contributed by atoms with E-state index in [1.165, 1.54) is 0 Å². The average molecular weight is 320 g/mol. The summed E-state index contributed by atoms with van der Waals surface area (Å²) in [4.78, 5) is 26.1. The maximum Gasteiger partial charge on any atom is 0.231 e. The van der Waals surface area contributed by atoms with Crippen LogP contribution >= 0.6 is 0 Å². The minimum atomic E-state index is -0.702. The third-order valence-corrected chi connectivity index (χ3v) is 4.02. The maximum absolute atomic E-state index is 12.3. The van der Waals surface area contributed by atoms with Crippen LogP contribution in [0.5, 0.6) is 11.5 Å². The molecule has 23 heavy (non-hydrogen) atoms. The van der Waals surface area contributed by atoms with E-state index in [1.807, 2.05) is 0 Å². The number of aliphatic hydroxyl groups is 1. The van der Waals surface area contributed by atoms with E-state index in [0.717, 1.165) is 0 Å². The van der Waals surface area contributed by atoms with Crippen LogP contribution in [0.3, 0.4) is 0 Å². The lowest BCUT2D eigenvalue weighted by atomic mass is 10.0. The van der Waals surface area contributed by atoms with Gasteiger partial charge < -0.3 is 24.8 Å². The summed E-state index contributed by atoms with van der Waals surface area (Å²) in [6, 6.07) is 5.29. The number of carbonyl (C=O) groups is 2. The summed E-state index contributed by atoms with van der Waals surface area (Å²) in [5.41, 5.74) is -0.0114. The Balaban J connectivity index is 1.71. The van der Waals surface area contributed by atoms with Crippen LogP contribution in [-0.4, -0.2) is 42.4 Å². The lowest BCUT2D eigenvalue weighted by Gasteiger charge is -2.25. The van der Waals surface area contributed by atoms with Crippen LogP contribution in [0.2, 0.25) is 0 Å². The van der Waals surface area contributed by atoms with Crippen LogP contribution in [-0.2, 0) is 9.59 Å². The summed E-state index contributed by atoms with van der Waals surface area (Å²) in [6.45, 7) is 3.79. The Hall–Kier alpha value is -2.28. The minimum Gasteiger partial charge on any atom is -0.454 e. The minimum absolute atomic E-state index is 0.106. The number of amides is 2. The van der Waals surface area contributed by atoms with Gasteiger partial charge in [-0.2, -0.15) is 0 Å². The Kier molecular flexibility index (Phi) is 3.89. The molecule has 1 aromatic carbocycles. The summed E-state index contributed by atoms with van der Waals surface area (Å²) in [5, 5.41) is 12.0. The first-order valence-corrected chi connectivity index (χ1v) is 7.52. The normalized spacial score (nSPS) is 20.0. The molecule has 3 rings (SSSR count).